The summed E-state index contributed by atoms with van der Waals surface area (Å²) in [5.41, 5.74) is 0. The van der Waals surface area contributed by atoms with E-state index in [1.165, 1.54) is 0 Å². The van der Waals surface area contributed by atoms with Gasteiger partial charge in [0.25, 0.3) is 10.1 Å². The zero-order valence-corrected chi connectivity index (χ0v) is 24.7. The molecule has 2 aromatic rings. The summed E-state index contributed by atoms with van der Waals surface area (Å²) in [6.45, 7) is 0. The maximum absolute atomic E-state index is 14.3. The largest absolute Gasteiger partial charge is 0.508 e. The first-order chi connectivity index (χ1) is 20.5. The molecule has 0 aliphatic rings. The Morgan fingerprint density at radius 2 is 0.957 bits per heavy atom. The van der Waals surface area contributed by atoms with Crippen LogP contribution in [0.1, 0.15) is 0 Å². The Hall–Kier alpha value is -3.08. The van der Waals surface area contributed by atoms with Gasteiger partial charge in [0.2, 0.25) is 19.7 Å². The van der Waals surface area contributed by atoms with Gasteiger partial charge in [-0.25, -0.2) is 30.0 Å². The quantitative estimate of drug-likeness (QED) is 0.197. The lowest BCUT2D eigenvalue weighted by molar-refractivity contribution is -0.484. The Labute approximate surface area is 253 Å². The molecule has 3 N–H and O–H groups in total. The highest BCUT2D eigenvalue weighted by molar-refractivity contribution is 8.08. The lowest BCUT2D eigenvalue weighted by atomic mass is 10.1. The van der Waals surface area contributed by atoms with Gasteiger partial charge in [0.05, 0.1) is 14.7 Å². The summed E-state index contributed by atoms with van der Waals surface area (Å²) >= 11 is 0. The Morgan fingerprint density at radius 3 is 1.36 bits per heavy atom. The maximum atomic E-state index is 14.3. The highest BCUT2D eigenvalue weighted by atomic mass is 32.3. The number of alkyl halides is 12. The van der Waals surface area contributed by atoms with Crippen LogP contribution in [0.2, 0.25) is 0 Å². The fourth-order valence-electron chi connectivity index (χ4n) is 3.04. The van der Waals surface area contributed by atoms with E-state index in [1.54, 1.807) is 4.74 Å². The van der Waals surface area contributed by atoms with Gasteiger partial charge in [-0.2, -0.15) is 61.1 Å². The van der Waals surface area contributed by atoms with Gasteiger partial charge in [0.15, 0.2) is 14.9 Å². The molecule has 0 aliphatic heterocycles. The van der Waals surface area contributed by atoms with E-state index < -0.39 is 118 Å². The normalized spacial score (nSPS) is 15.1. The molecule has 0 aromatic heterocycles. The first kappa shape index (κ1) is 40.1. The number of aromatic hydroxyl groups is 2. The highest BCUT2D eigenvalue weighted by Gasteiger charge is 2.87. The zero-order chi connectivity index (χ0) is 37.3. The van der Waals surface area contributed by atoms with Gasteiger partial charge >= 0.3 is 34.6 Å². The monoisotopic (exact) mass is 788 g/mol. The van der Waals surface area contributed by atoms with Gasteiger partial charge in [-0.3, -0.25) is 4.55 Å². The van der Waals surface area contributed by atoms with Crippen LogP contribution < -0.4 is 0 Å². The van der Waals surface area contributed by atoms with Crippen LogP contribution in [-0.4, -0.2) is 88.1 Å². The molecule has 12 nitrogen and oxygen atoms in total. The molecule has 0 heterocycles. The van der Waals surface area contributed by atoms with Gasteiger partial charge in [0, 0.05) is 6.07 Å². The molecule has 0 atom stereocenters. The van der Waals surface area contributed by atoms with Crippen molar-refractivity contribution in [1.29, 1.82) is 0 Å². The van der Waals surface area contributed by atoms with E-state index >= 15 is 0 Å². The molecule has 0 spiro atoms. The van der Waals surface area contributed by atoms with Gasteiger partial charge in [-0.05, 0) is 36.4 Å². The van der Waals surface area contributed by atoms with Crippen LogP contribution in [-0.2, 0) is 44.4 Å². The molecular formula is C19H12F12O12S4. The van der Waals surface area contributed by atoms with E-state index in [4.69, 9.17) is 14.8 Å². The average Bonchev–Trinajstić information content (AvgIpc) is 2.85. The van der Waals surface area contributed by atoms with Crippen molar-refractivity contribution < 1.29 is 106 Å². The lowest BCUT2D eigenvalue weighted by Gasteiger charge is -2.37. The molecule has 0 unspecified atom stereocenters. The molecule has 0 aliphatic carbocycles. The molecule has 0 radical (unpaired) electrons. The Bertz CT molecular complexity index is 1960. The number of ether oxygens (including phenoxy) is 1. The number of phenolic OH excluding ortho intramolecular Hbond substituents is 2. The summed E-state index contributed by atoms with van der Waals surface area (Å²) in [6, 6.07) is -0.0924. The van der Waals surface area contributed by atoms with E-state index in [0.717, 1.165) is 0 Å². The summed E-state index contributed by atoms with van der Waals surface area (Å²) in [4.78, 5) is -4.95. The molecule has 47 heavy (non-hydrogen) atoms. The number of sulfone groups is 3. The van der Waals surface area contributed by atoms with Crippen LogP contribution in [0.4, 0.5) is 52.7 Å². The molecule has 0 fully saturated rings. The molecule has 268 valence electrons. The SMILES string of the molecule is O=S(=O)(O)c1ccc(S(=O)(=O)CS(=O)(=O)C(F)(F)C(F)(F)OC(F)(F)C(F)(F)C(F)(F)C(F)(F)S(=O)(=O)c2cc(O)cc(O)c2)cc1. The van der Waals surface area contributed by atoms with Crippen LogP contribution in [0, 0.1) is 0 Å². The van der Waals surface area contributed by atoms with Crippen LogP contribution in [0.15, 0.2) is 57.2 Å². The maximum Gasteiger partial charge on any atom is 0.439 e. The third kappa shape index (κ3) is 6.78. The fourth-order valence-corrected chi connectivity index (χ4v) is 8.55. The molecule has 2 rings (SSSR count). The van der Waals surface area contributed by atoms with E-state index in [1.807, 2.05) is 0 Å². The topological polar surface area (TPSA) is 206 Å². The summed E-state index contributed by atoms with van der Waals surface area (Å²) < 4.78 is 275. The van der Waals surface area contributed by atoms with Crippen LogP contribution in [0.3, 0.4) is 0 Å². The van der Waals surface area contributed by atoms with E-state index in [9.17, 15) is 86.4 Å². The summed E-state index contributed by atoms with van der Waals surface area (Å²) in [6.07, 6.45) is -15.8. The molecule has 0 saturated heterocycles. The smallest absolute Gasteiger partial charge is 0.439 e. The number of hydrogen-bond acceptors (Lipinski definition) is 11. The Morgan fingerprint density at radius 1 is 0.553 bits per heavy atom. The third-order valence-corrected chi connectivity index (χ3v) is 12.6. The van der Waals surface area contributed by atoms with Gasteiger partial charge in [0.1, 0.15) is 11.5 Å². The molecule has 28 heteroatoms. The van der Waals surface area contributed by atoms with Crippen LogP contribution in [0.5, 0.6) is 11.5 Å². The number of rotatable bonds is 13. The minimum atomic E-state index is -8.29. The molecule has 0 saturated carbocycles. The number of hydrogen-bond donors (Lipinski definition) is 3. The summed E-state index contributed by atoms with van der Waals surface area (Å²) in [5, 5.41) is 0.0412. The second-order valence-corrected chi connectivity index (χ2v) is 16.6. The van der Waals surface area contributed by atoms with Gasteiger partial charge < -0.3 is 10.2 Å². The zero-order valence-electron chi connectivity index (χ0n) is 21.4. The minimum Gasteiger partial charge on any atom is -0.508 e. The lowest BCUT2D eigenvalue weighted by Crippen LogP contribution is -2.67. The van der Waals surface area contributed by atoms with E-state index in [2.05, 4.69) is 0 Å². The molecule has 2 aromatic carbocycles. The van der Waals surface area contributed by atoms with Crippen molar-refractivity contribution in [2.75, 3.05) is 5.08 Å². The van der Waals surface area contributed by atoms with E-state index in [0.29, 0.717) is 0 Å². The van der Waals surface area contributed by atoms with Gasteiger partial charge in [-0.15, -0.1) is 0 Å². The highest BCUT2D eigenvalue weighted by Crippen LogP contribution is 2.58. The summed E-state index contributed by atoms with van der Waals surface area (Å²) in [7, 11) is -25.9. The van der Waals surface area contributed by atoms with Crippen molar-refractivity contribution >= 4 is 39.6 Å². The summed E-state index contributed by atoms with van der Waals surface area (Å²) in [5.74, 6) is -19.5. The molecular weight excluding hydrogens is 776 g/mol. The average molecular weight is 789 g/mol. The van der Waals surface area contributed by atoms with Crippen molar-refractivity contribution in [1.82, 2.24) is 0 Å². The first-order valence-electron chi connectivity index (χ1n) is 10.8. The Balaban J connectivity index is 2.53. The number of benzene rings is 2. The fraction of sp³-hybridized carbons (Fsp3) is 0.368. The second kappa shape index (κ2) is 11.5. The van der Waals surface area contributed by atoms with Gasteiger partial charge in [-0.1, -0.05) is 0 Å². The van der Waals surface area contributed by atoms with Crippen molar-refractivity contribution in [3.05, 3.63) is 42.5 Å². The van der Waals surface area contributed by atoms with Crippen molar-refractivity contribution in [3.63, 3.8) is 0 Å². The van der Waals surface area contributed by atoms with Crippen LogP contribution in [0.25, 0.3) is 0 Å². The molecule has 0 bridgehead atoms. The predicted octanol–water partition coefficient (Wildman–Crippen LogP) is 3.62. The first-order valence-corrected chi connectivity index (χ1v) is 17.0. The van der Waals surface area contributed by atoms with E-state index in [-0.39, 0.29) is 30.3 Å². The predicted molar refractivity (Wildman–Crippen MR) is 125 cm³/mol. The molecule has 0 amide bonds. The van der Waals surface area contributed by atoms with Crippen molar-refractivity contribution in [2.45, 2.75) is 49.3 Å². The van der Waals surface area contributed by atoms with Crippen molar-refractivity contribution in [2.24, 2.45) is 0 Å². The number of halogens is 12. The second-order valence-electron chi connectivity index (χ2n) is 8.80. The Kier molecular flexibility index (Phi) is 9.83. The van der Waals surface area contributed by atoms with Crippen molar-refractivity contribution in [3.8, 4) is 11.5 Å². The minimum absolute atomic E-state index is 0.0872. The third-order valence-electron chi connectivity index (χ3n) is 5.43. The number of phenols is 2. The van der Waals surface area contributed by atoms with Crippen LogP contribution >= 0.6 is 0 Å². The standard InChI is InChI=1S/C19H12F12O12S4/c20-14(21,15(22,23)18(28,29)46(38,39)13-6-9(32)5-10(33)7-13)16(24,25)43-17(26,27)19(30,31)45(36,37)8-44(34,35)11-1-3-12(4-2-11)47(40,41)42/h1-7,32-33H,8H2,(H,40,41,42).